The van der Waals surface area contributed by atoms with Crippen LogP contribution in [0.1, 0.15) is 66.9 Å². The van der Waals surface area contributed by atoms with Crippen LogP contribution in [-0.2, 0) is 30.1 Å². The van der Waals surface area contributed by atoms with Gasteiger partial charge in [-0.3, -0.25) is 9.80 Å². The summed E-state index contributed by atoms with van der Waals surface area (Å²) in [7, 11) is 3.12. The Morgan fingerprint density at radius 1 is 1.11 bits per heavy atom. The number of hydrogen-bond donors (Lipinski definition) is 0. The number of methoxy groups -OCH3 is 1. The summed E-state index contributed by atoms with van der Waals surface area (Å²) in [6, 6.07) is 9.43. The minimum Gasteiger partial charge on any atom is -0.467 e. The Morgan fingerprint density at radius 2 is 1.70 bits per heavy atom. The van der Waals surface area contributed by atoms with Gasteiger partial charge in [-0.15, -0.1) is 0 Å². The summed E-state index contributed by atoms with van der Waals surface area (Å²) >= 11 is 0. The van der Waals surface area contributed by atoms with E-state index in [4.69, 9.17) is 18.8 Å². The molecule has 37 heavy (non-hydrogen) atoms. The molecule has 1 amide bonds. The summed E-state index contributed by atoms with van der Waals surface area (Å²) in [6.07, 6.45) is 1.72. The molecular weight excluding hydrogens is 471 g/mol. The molecule has 0 N–H and O–H groups in total. The van der Waals surface area contributed by atoms with Gasteiger partial charge in [0, 0.05) is 25.0 Å². The van der Waals surface area contributed by atoms with Gasteiger partial charge in [0.25, 0.3) is 0 Å². The zero-order valence-corrected chi connectivity index (χ0v) is 24.1. The van der Waals surface area contributed by atoms with Crippen LogP contribution in [0.4, 0.5) is 4.79 Å². The molecule has 9 heteroatoms. The molecule has 2 aliphatic rings. The second-order valence-corrected chi connectivity index (χ2v) is 12.3. The second-order valence-electron chi connectivity index (χ2n) is 12.3. The van der Waals surface area contributed by atoms with Crippen LogP contribution in [0.3, 0.4) is 0 Å². The van der Waals surface area contributed by atoms with Crippen molar-refractivity contribution in [2.24, 2.45) is 5.92 Å². The molecule has 2 heterocycles. The number of ether oxygens (including phenoxy) is 2. The van der Waals surface area contributed by atoms with Crippen molar-refractivity contribution in [1.82, 2.24) is 9.80 Å². The summed E-state index contributed by atoms with van der Waals surface area (Å²) in [5, 5.41) is 0. The van der Waals surface area contributed by atoms with E-state index in [0.29, 0.717) is 25.8 Å². The lowest BCUT2D eigenvalue weighted by Gasteiger charge is -2.32. The third-order valence-electron chi connectivity index (χ3n) is 7.81. The molecule has 8 nitrogen and oxygen atoms in total. The fourth-order valence-electron chi connectivity index (χ4n) is 5.23. The van der Waals surface area contributed by atoms with E-state index in [1.165, 1.54) is 12.7 Å². The number of likely N-dealkylation sites (tertiary alicyclic amines) is 1. The Hall–Kier alpha value is -2.10. The van der Waals surface area contributed by atoms with E-state index in [0.717, 1.165) is 6.42 Å². The molecule has 0 radical (unpaired) electrons. The Morgan fingerprint density at radius 3 is 2.24 bits per heavy atom. The molecule has 206 valence electrons. The highest BCUT2D eigenvalue weighted by molar-refractivity contribution is 6.45. The van der Waals surface area contributed by atoms with E-state index in [1.807, 2.05) is 73.7 Å². The minimum absolute atomic E-state index is 0.0462. The molecule has 0 aliphatic carbocycles. The van der Waals surface area contributed by atoms with Crippen LogP contribution in [0.15, 0.2) is 30.3 Å². The van der Waals surface area contributed by atoms with E-state index in [2.05, 4.69) is 17.0 Å². The molecule has 0 spiro atoms. The van der Waals surface area contributed by atoms with Crippen LogP contribution in [-0.4, -0.2) is 78.6 Å². The van der Waals surface area contributed by atoms with Gasteiger partial charge < -0.3 is 18.8 Å². The van der Waals surface area contributed by atoms with Crippen molar-refractivity contribution in [2.75, 3.05) is 20.7 Å². The standard InChI is InChI=1S/C28H45BN2O6/c1-26(2,3)35-25(33)31-19-22(30(8)18-20-14-11-10-12-15-20)21(23(31)24(32)34-9)16-13-17-29-36-27(4,5)28(6,7)37-29/h10-12,14-15,21-23H,13,16-19H2,1-9H3/t21-,22+,23+/m1/s1. The maximum Gasteiger partial charge on any atom is 0.457 e. The van der Waals surface area contributed by atoms with Crippen LogP contribution < -0.4 is 0 Å². The SMILES string of the molecule is COC(=O)[C@@H]1[C@H](CCCB2OC(C)(C)C(C)(C)O2)[C@@H](N(C)Cc2ccccc2)CN1C(=O)OC(C)(C)C. The van der Waals surface area contributed by atoms with Gasteiger partial charge in [-0.1, -0.05) is 36.8 Å². The molecule has 1 aromatic carbocycles. The highest BCUT2D eigenvalue weighted by Gasteiger charge is 2.52. The summed E-state index contributed by atoms with van der Waals surface area (Å²) in [6.45, 7) is 14.8. The third kappa shape index (κ3) is 7.06. The van der Waals surface area contributed by atoms with Gasteiger partial charge in [-0.25, -0.2) is 9.59 Å². The van der Waals surface area contributed by atoms with Crippen LogP contribution in [0.5, 0.6) is 0 Å². The molecule has 2 saturated heterocycles. The number of amides is 1. The number of nitrogens with zero attached hydrogens (tertiary/aromatic N) is 2. The van der Waals surface area contributed by atoms with E-state index in [9.17, 15) is 9.59 Å². The van der Waals surface area contributed by atoms with Gasteiger partial charge in [0.2, 0.25) is 0 Å². The first kappa shape index (κ1) is 29.5. The number of carbonyl (C=O) groups excluding carboxylic acids is 2. The zero-order valence-electron chi connectivity index (χ0n) is 24.1. The van der Waals surface area contributed by atoms with E-state index in [-0.39, 0.29) is 30.3 Å². The maximum atomic E-state index is 13.2. The van der Waals surface area contributed by atoms with E-state index < -0.39 is 23.7 Å². The van der Waals surface area contributed by atoms with Crippen LogP contribution >= 0.6 is 0 Å². The van der Waals surface area contributed by atoms with Gasteiger partial charge in [0.1, 0.15) is 11.6 Å². The first-order chi connectivity index (χ1) is 17.1. The number of likely N-dealkylation sites (N-methyl/N-ethyl adjacent to an activating group) is 1. The summed E-state index contributed by atoms with van der Waals surface area (Å²) in [4.78, 5) is 30.1. The average Bonchev–Trinajstić information content (AvgIpc) is 3.26. The molecule has 2 aliphatic heterocycles. The molecule has 3 atom stereocenters. The topological polar surface area (TPSA) is 77.5 Å². The Bertz CT molecular complexity index is 916. The quantitative estimate of drug-likeness (QED) is 0.364. The summed E-state index contributed by atoms with van der Waals surface area (Å²) < 4.78 is 23.3. The molecule has 0 aromatic heterocycles. The van der Waals surface area contributed by atoms with E-state index in [1.54, 1.807) is 4.90 Å². The number of benzene rings is 1. The van der Waals surface area contributed by atoms with Gasteiger partial charge in [-0.05, 0) is 73.8 Å². The van der Waals surface area contributed by atoms with Gasteiger partial charge in [0.15, 0.2) is 0 Å². The van der Waals surface area contributed by atoms with Crippen molar-refractivity contribution >= 4 is 19.2 Å². The van der Waals surface area contributed by atoms with Gasteiger partial charge >= 0.3 is 19.2 Å². The van der Waals surface area contributed by atoms with E-state index >= 15 is 0 Å². The smallest absolute Gasteiger partial charge is 0.457 e. The maximum absolute atomic E-state index is 13.2. The normalized spacial score (nSPS) is 25.0. The molecule has 0 saturated carbocycles. The minimum atomic E-state index is -0.721. The first-order valence-corrected chi connectivity index (χ1v) is 13.3. The molecule has 0 bridgehead atoms. The largest absolute Gasteiger partial charge is 0.467 e. The van der Waals surface area contributed by atoms with Gasteiger partial charge in [0.05, 0.1) is 18.3 Å². The molecule has 1 aromatic rings. The molecular formula is C28H45BN2O6. The number of hydrogen-bond acceptors (Lipinski definition) is 7. The third-order valence-corrected chi connectivity index (χ3v) is 7.81. The monoisotopic (exact) mass is 516 g/mol. The number of rotatable bonds is 8. The fraction of sp³-hybridized carbons (Fsp3) is 0.714. The zero-order chi connectivity index (χ0) is 27.6. The van der Waals surface area contributed by atoms with Gasteiger partial charge in [-0.2, -0.15) is 0 Å². The lowest BCUT2D eigenvalue weighted by atomic mass is 9.79. The number of esters is 1. The Kier molecular flexibility index (Phi) is 9.03. The van der Waals surface area contributed by atoms with Crippen molar-refractivity contribution in [2.45, 2.75) is 103 Å². The second kappa shape index (κ2) is 11.3. The predicted molar refractivity (Wildman–Crippen MR) is 144 cm³/mol. The highest BCUT2D eigenvalue weighted by atomic mass is 16.7. The fourth-order valence-corrected chi connectivity index (χ4v) is 5.23. The van der Waals surface area contributed by atoms with Crippen molar-refractivity contribution in [3.63, 3.8) is 0 Å². The predicted octanol–water partition coefficient (Wildman–Crippen LogP) is 4.77. The highest BCUT2D eigenvalue weighted by Crippen LogP contribution is 2.39. The average molecular weight is 516 g/mol. The Balaban J connectivity index is 1.80. The van der Waals surface area contributed by atoms with Crippen LogP contribution in [0.2, 0.25) is 6.32 Å². The first-order valence-electron chi connectivity index (χ1n) is 13.3. The lowest BCUT2D eigenvalue weighted by Crippen LogP contribution is -2.46. The van der Waals surface area contributed by atoms with Crippen LogP contribution in [0.25, 0.3) is 0 Å². The van der Waals surface area contributed by atoms with Crippen molar-refractivity contribution in [3.8, 4) is 0 Å². The Labute approximate surface area is 223 Å². The lowest BCUT2D eigenvalue weighted by molar-refractivity contribution is -0.147. The molecule has 3 rings (SSSR count). The number of carbonyl (C=O) groups is 2. The summed E-state index contributed by atoms with van der Waals surface area (Å²) in [5.74, 6) is -0.543. The summed E-state index contributed by atoms with van der Waals surface area (Å²) in [5.41, 5.74) is -0.263. The van der Waals surface area contributed by atoms with Crippen molar-refractivity contribution < 1.29 is 28.4 Å². The van der Waals surface area contributed by atoms with Crippen molar-refractivity contribution in [3.05, 3.63) is 35.9 Å². The molecule has 2 fully saturated rings. The van der Waals surface area contributed by atoms with Crippen molar-refractivity contribution in [1.29, 1.82) is 0 Å². The molecule has 0 unspecified atom stereocenters. The van der Waals surface area contributed by atoms with Crippen LogP contribution in [0, 0.1) is 5.92 Å².